The van der Waals surface area contributed by atoms with Crippen molar-refractivity contribution < 1.29 is 4.74 Å². The summed E-state index contributed by atoms with van der Waals surface area (Å²) in [5.74, 6) is 0.901. The molecule has 0 unspecified atom stereocenters. The van der Waals surface area contributed by atoms with Gasteiger partial charge in [-0.3, -0.25) is 4.90 Å². The lowest BCUT2D eigenvalue weighted by Crippen LogP contribution is -2.63. The molecule has 0 radical (unpaired) electrons. The van der Waals surface area contributed by atoms with Gasteiger partial charge in [0.1, 0.15) is 0 Å². The molecule has 0 aromatic heterocycles. The second-order valence-corrected chi connectivity index (χ2v) is 6.30. The highest BCUT2D eigenvalue weighted by Gasteiger charge is 2.46. The van der Waals surface area contributed by atoms with Gasteiger partial charge in [0.2, 0.25) is 0 Å². The van der Waals surface area contributed by atoms with Crippen molar-refractivity contribution in [2.45, 2.75) is 63.5 Å². The lowest BCUT2D eigenvalue weighted by atomic mass is 9.72. The van der Waals surface area contributed by atoms with Gasteiger partial charge in [-0.25, -0.2) is 0 Å². The molecule has 2 saturated carbocycles. The monoisotopic (exact) mass is 254 g/mol. The van der Waals surface area contributed by atoms with Gasteiger partial charge in [-0.05, 0) is 45.6 Å². The molecule has 0 bridgehead atoms. The van der Waals surface area contributed by atoms with E-state index in [0.717, 1.165) is 31.9 Å². The number of ether oxygens (including phenoxy) is 1. The van der Waals surface area contributed by atoms with Crippen LogP contribution in [0, 0.1) is 5.92 Å². The Morgan fingerprint density at radius 3 is 2.44 bits per heavy atom. The summed E-state index contributed by atoms with van der Waals surface area (Å²) in [6.45, 7) is 4.92. The van der Waals surface area contributed by atoms with Gasteiger partial charge < -0.3 is 10.5 Å². The van der Waals surface area contributed by atoms with E-state index in [1.807, 2.05) is 0 Å². The Morgan fingerprint density at radius 1 is 1.22 bits per heavy atom. The zero-order valence-electron chi connectivity index (χ0n) is 12.2. The SMILES string of the molecule is CCOC1CC(CN)(N(C)CC2CCCCC2)C1. The van der Waals surface area contributed by atoms with Crippen LogP contribution in [0.25, 0.3) is 0 Å². The maximum Gasteiger partial charge on any atom is 0.0611 e. The van der Waals surface area contributed by atoms with Crippen molar-refractivity contribution in [1.82, 2.24) is 4.90 Å². The topological polar surface area (TPSA) is 38.5 Å². The van der Waals surface area contributed by atoms with Crippen LogP contribution in [0.1, 0.15) is 51.9 Å². The quantitative estimate of drug-likeness (QED) is 0.791. The van der Waals surface area contributed by atoms with Crippen molar-refractivity contribution in [1.29, 1.82) is 0 Å². The lowest BCUT2D eigenvalue weighted by Gasteiger charge is -2.53. The number of rotatable bonds is 6. The van der Waals surface area contributed by atoms with E-state index in [-0.39, 0.29) is 5.54 Å². The van der Waals surface area contributed by atoms with E-state index in [2.05, 4.69) is 18.9 Å². The zero-order chi connectivity index (χ0) is 13.0. The Hall–Kier alpha value is -0.120. The molecule has 3 heteroatoms. The summed E-state index contributed by atoms with van der Waals surface area (Å²) in [5.41, 5.74) is 6.27. The van der Waals surface area contributed by atoms with E-state index >= 15 is 0 Å². The molecule has 0 spiro atoms. The van der Waals surface area contributed by atoms with E-state index in [1.54, 1.807) is 0 Å². The van der Waals surface area contributed by atoms with E-state index in [4.69, 9.17) is 10.5 Å². The first kappa shape index (κ1) is 14.3. The van der Waals surface area contributed by atoms with Gasteiger partial charge in [0.05, 0.1) is 6.10 Å². The molecule has 3 nitrogen and oxygen atoms in total. The van der Waals surface area contributed by atoms with Crippen molar-refractivity contribution in [3.05, 3.63) is 0 Å². The van der Waals surface area contributed by atoms with Gasteiger partial charge in [-0.15, -0.1) is 0 Å². The predicted molar refractivity (Wildman–Crippen MR) is 75.6 cm³/mol. The standard InChI is InChI=1S/C15H30N2O/c1-3-18-14-9-15(10-14,12-16)17(2)11-13-7-5-4-6-8-13/h13-14H,3-12,16H2,1-2H3. The minimum atomic E-state index is 0.233. The largest absolute Gasteiger partial charge is 0.378 e. The summed E-state index contributed by atoms with van der Waals surface area (Å²) in [6.07, 6.45) is 9.83. The number of nitrogens with two attached hydrogens (primary N) is 1. The number of likely N-dealkylation sites (N-methyl/N-ethyl adjacent to an activating group) is 1. The minimum Gasteiger partial charge on any atom is -0.378 e. The maximum atomic E-state index is 6.04. The summed E-state index contributed by atoms with van der Waals surface area (Å²) < 4.78 is 5.69. The highest BCUT2D eigenvalue weighted by Crippen LogP contribution is 2.39. The van der Waals surface area contributed by atoms with E-state index in [9.17, 15) is 0 Å². The molecule has 0 saturated heterocycles. The molecule has 0 heterocycles. The van der Waals surface area contributed by atoms with Gasteiger partial charge >= 0.3 is 0 Å². The van der Waals surface area contributed by atoms with Crippen LogP contribution in [-0.2, 0) is 4.74 Å². The van der Waals surface area contributed by atoms with Crippen LogP contribution in [0.15, 0.2) is 0 Å². The van der Waals surface area contributed by atoms with Gasteiger partial charge in [0.25, 0.3) is 0 Å². The predicted octanol–water partition coefficient (Wildman–Crippen LogP) is 2.39. The number of nitrogens with zero attached hydrogens (tertiary/aromatic N) is 1. The molecule has 18 heavy (non-hydrogen) atoms. The third-order valence-electron chi connectivity index (χ3n) is 5.06. The molecule has 0 aromatic rings. The summed E-state index contributed by atoms with van der Waals surface area (Å²) in [4.78, 5) is 2.54. The highest BCUT2D eigenvalue weighted by molar-refractivity contribution is 5.04. The van der Waals surface area contributed by atoms with Crippen LogP contribution in [0.5, 0.6) is 0 Å². The van der Waals surface area contributed by atoms with Gasteiger partial charge in [0, 0.05) is 25.2 Å². The van der Waals surface area contributed by atoms with Crippen molar-refractivity contribution >= 4 is 0 Å². The molecule has 106 valence electrons. The Labute approximate surface area is 112 Å². The van der Waals surface area contributed by atoms with Crippen LogP contribution >= 0.6 is 0 Å². The van der Waals surface area contributed by atoms with Crippen LogP contribution in [0.4, 0.5) is 0 Å². The molecule has 0 amide bonds. The molecule has 0 atom stereocenters. The molecule has 0 aromatic carbocycles. The zero-order valence-corrected chi connectivity index (χ0v) is 12.2. The van der Waals surface area contributed by atoms with Crippen LogP contribution in [-0.4, -0.2) is 43.3 Å². The second kappa shape index (κ2) is 6.36. The second-order valence-electron chi connectivity index (χ2n) is 6.30. The average molecular weight is 254 g/mol. The third-order valence-corrected chi connectivity index (χ3v) is 5.06. The Kier molecular flexibility index (Phi) is 5.05. The maximum absolute atomic E-state index is 6.04. The van der Waals surface area contributed by atoms with Crippen molar-refractivity contribution in [3.63, 3.8) is 0 Å². The molecule has 2 rings (SSSR count). The molecular weight excluding hydrogens is 224 g/mol. The molecular formula is C15H30N2O. The molecule has 2 N–H and O–H groups in total. The lowest BCUT2D eigenvalue weighted by molar-refractivity contribution is -0.0963. The smallest absolute Gasteiger partial charge is 0.0611 e. The summed E-state index contributed by atoms with van der Waals surface area (Å²) in [6, 6.07) is 0. The Bertz CT molecular complexity index is 245. The number of hydrogen-bond donors (Lipinski definition) is 1. The average Bonchev–Trinajstić information content (AvgIpc) is 2.34. The van der Waals surface area contributed by atoms with E-state index < -0.39 is 0 Å². The summed E-state index contributed by atoms with van der Waals surface area (Å²) in [5, 5.41) is 0. The molecule has 2 fully saturated rings. The first-order chi connectivity index (χ1) is 8.70. The summed E-state index contributed by atoms with van der Waals surface area (Å²) >= 11 is 0. The van der Waals surface area contributed by atoms with Crippen LogP contribution in [0.2, 0.25) is 0 Å². The van der Waals surface area contributed by atoms with E-state index in [0.29, 0.717) is 6.10 Å². The van der Waals surface area contributed by atoms with Gasteiger partial charge in [-0.2, -0.15) is 0 Å². The van der Waals surface area contributed by atoms with Crippen molar-refractivity contribution in [2.24, 2.45) is 11.7 Å². The van der Waals surface area contributed by atoms with Crippen LogP contribution in [0.3, 0.4) is 0 Å². The van der Waals surface area contributed by atoms with Crippen molar-refractivity contribution in [2.75, 3.05) is 26.7 Å². The molecule has 2 aliphatic carbocycles. The minimum absolute atomic E-state index is 0.233. The third kappa shape index (κ3) is 3.06. The van der Waals surface area contributed by atoms with Crippen molar-refractivity contribution in [3.8, 4) is 0 Å². The molecule has 0 aliphatic heterocycles. The fourth-order valence-electron chi connectivity index (χ4n) is 3.73. The molecule has 2 aliphatic rings. The fraction of sp³-hybridized carbons (Fsp3) is 1.00. The first-order valence-electron chi connectivity index (χ1n) is 7.73. The van der Waals surface area contributed by atoms with Crippen LogP contribution < -0.4 is 5.73 Å². The normalized spacial score (nSPS) is 33.7. The summed E-state index contributed by atoms with van der Waals surface area (Å²) in [7, 11) is 2.27. The Morgan fingerprint density at radius 2 is 1.89 bits per heavy atom. The fourth-order valence-corrected chi connectivity index (χ4v) is 3.73. The van der Waals surface area contributed by atoms with E-state index in [1.165, 1.54) is 38.6 Å². The van der Waals surface area contributed by atoms with Gasteiger partial charge in [0.15, 0.2) is 0 Å². The van der Waals surface area contributed by atoms with Gasteiger partial charge in [-0.1, -0.05) is 19.3 Å². The highest BCUT2D eigenvalue weighted by atomic mass is 16.5. The number of hydrogen-bond acceptors (Lipinski definition) is 3. The first-order valence-corrected chi connectivity index (χ1v) is 7.73. The Balaban J connectivity index is 1.81.